The lowest BCUT2D eigenvalue weighted by Gasteiger charge is -2.21. The van der Waals surface area contributed by atoms with E-state index in [0.29, 0.717) is 16.7 Å². The van der Waals surface area contributed by atoms with E-state index in [0.717, 1.165) is 0 Å². The van der Waals surface area contributed by atoms with Crippen LogP contribution in [0, 0.1) is 5.92 Å². The van der Waals surface area contributed by atoms with Crippen molar-refractivity contribution in [2.75, 3.05) is 0 Å². The number of benzene rings is 2. The molecule has 0 spiro atoms. The fourth-order valence-electron chi connectivity index (χ4n) is 3.10. The van der Waals surface area contributed by atoms with E-state index in [1.165, 1.54) is 0 Å². The topological polar surface area (TPSA) is 60.4 Å². The van der Waals surface area contributed by atoms with Crippen LogP contribution in [0.4, 0.5) is 0 Å². The van der Waals surface area contributed by atoms with Gasteiger partial charge in [-0.25, -0.2) is 0 Å². The van der Waals surface area contributed by atoms with Crippen molar-refractivity contribution in [1.82, 2.24) is 0 Å². The third kappa shape index (κ3) is 2.75. The van der Waals surface area contributed by atoms with Gasteiger partial charge in [0.1, 0.15) is 5.92 Å². The first-order valence-electron chi connectivity index (χ1n) is 7.93. The van der Waals surface area contributed by atoms with E-state index < -0.39 is 17.8 Å². The van der Waals surface area contributed by atoms with Crippen LogP contribution in [-0.2, 0) is 9.53 Å². The summed E-state index contributed by atoms with van der Waals surface area (Å²) < 4.78 is 5.33. The van der Waals surface area contributed by atoms with E-state index in [-0.39, 0.29) is 17.7 Å². The Morgan fingerprint density at radius 3 is 1.88 bits per heavy atom. The van der Waals surface area contributed by atoms with E-state index in [2.05, 4.69) is 0 Å². The number of ketones is 2. The van der Waals surface area contributed by atoms with Crippen LogP contribution in [0.2, 0.25) is 0 Å². The molecule has 1 aliphatic carbocycles. The summed E-state index contributed by atoms with van der Waals surface area (Å²) in [6, 6.07) is 15.6. The number of hydrogen-bond acceptors (Lipinski definition) is 4. The second-order valence-electron chi connectivity index (χ2n) is 6.13. The largest absolute Gasteiger partial charge is 0.462 e. The van der Waals surface area contributed by atoms with Gasteiger partial charge in [-0.3, -0.25) is 14.4 Å². The minimum atomic E-state index is -1.06. The van der Waals surface area contributed by atoms with Crippen LogP contribution in [0.1, 0.15) is 46.0 Å². The minimum absolute atomic E-state index is 0.315. The van der Waals surface area contributed by atoms with Gasteiger partial charge in [-0.2, -0.15) is 0 Å². The normalized spacial score (nSPS) is 15.5. The Balaban J connectivity index is 2.06. The lowest BCUT2D eigenvalue weighted by molar-refractivity contribution is -0.150. The van der Waals surface area contributed by atoms with Crippen molar-refractivity contribution < 1.29 is 19.1 Å². The Morgan fingerprint density at radius 2 is 1.38 bits per heavy atom. The standard InChI is InChI=1S/C20H18O4/c1-12(2)24-20(23)16(13-8-4-3-5-9-13)17-18(21)14-10-6-7-11-15(14)19(17)22/h3-12,16-17H,1-2H3. The Hall–Kier alpha value is -2.75. The molecule has 1 unspecified atom stereocenters. The molecule has 2 aromatic carbocycles. The highest BCUT2D eigenvalue weighted by Gasteiger charge is 2.47. The summed E-state index contributed by atoms with van der Waals surface area (Å²) in [7, 11) is 0. The van der Waals surface area contributed by atoms with Crippen molar-refractivity contribution in [2.24, 2.45) is 5.92 Å². The summed E-state index contributed by atoms with van der Waals surface area (Å²) in [5.74, 6) is -3.16. The quantitative estimate of drug-likeness (QED) is 0.639. The van der Waals surface area contributed by atoms with Crippen LogP contribution in [-0.4, -0.2) is 23.6 Å². The van der Waals surface area contributed by atoms with Crippen molar-refractivity contribution in [3.63, 3.8) is 0 Å². The smallest absolute Gasteiger partial charge is 0.314 e. The fourth-order valence-corrected chi connectivity index (χ4v) is 3.10. The second kappa shape index (κ2) is 6.40. The zero-order chi connectivity index (χ0) is 17.3. The average Bonchev–Trinajstić information content (AvgIpc) is 2.81. The first-order valence-corrected chi connectivity index (χ1v) is 7.93. The molecule has 0 radical (unpaired) electrons. The Morgan fingerprint density at radius 1 is 0.875 bits per heavy atom. The van der Waals surface area contributed by atoms with E-state index in [9.17, 15) is 14.4 Å². The molecule has 0 aromatic heterocycles. The summed E-state index contributed by atoms with van der Waals surface area (Å²) in [6.07, 6.45) is -0.322. The summed E-state index contributed by atoms with van der Waals surface area (Å²) in [6.45, 7) is 3.49. The molecule has 0 N–H and O–H groups in total. The van der Waals surface area contributed by atoms with Crippen LogP contribution >= 0.6 is 0 Å². The number of rotatable bonds is 4. The number of fused-ring (bicyclic) bond motifs is 1. The highest BCUT2D eigenvalue weighted by atomic mass is 16.5. The number of hydrogen-bond donors (Lipinski definition) is 0. The predicted molar refractivity (Wildman–Crippen MR) is 89.0 cm³/mol. The van der Waals surface area contributed by atoms with Crippen molar-refractivity contribution in [3.05, 3.63) is 71.3 Å². The zero-order valence-corrected chi connectivity index (χ0v) is 13.6. The molecule has 3 rings (SSSR count). The number of carbonyl (C=O) groups is 3. The van der Waals surface area contributed by atoms with Crippen LogP contribution < -0.4 is 0 Å². The van der Waals surface area contributed by atoms with Crippen molar-refractivity contribution in [1.29, 1.82) is 0 Å². The summed E-state index contributed by atoms with van der Waals surface area (Å²) in [5, 5.41) is 0. The van der Waals surface area contributed by atoms with Crippen molar-refractivity contribution in [2.45, 2.75) is 25.9 Å². The van der Waals surface area contributed by atoms with Gasteiger partial charge in [0.15, 0.2) is 11.6 Å². The first kappa shape index (κ1) is 16.1. The van der Waals surface area contributed by atoms with Crippen LogP contribution in [0.25, 0.3) is 0 Å². The van der Waals surface area contributed by atoms with Gasteiger partial charge in [-0.05, 0) is 19.4 Å². The molecule has 0 amide bonds. The Kier molecular flexibility index (Phi) is 4.30. The lowest BCUT2D eigenvalue weighted by Crippen LogP contribution is -2.32. The Labute approximate surface area is 140 Å². The number of esters is 1. The number of carbonyl (C=O) groups excluding carboxylic acids is 3. The Bertz CT molecular complexity index is 757. The molecule has 24 heavy (non-hydrogen) atoms. The molecule has 2 aromatic rings. The molecule has 4 heteroatoms. The number of Topliss-reactive ketones (excluding diaryl/α,β-unsaturated/α-hetero) is 2. The van der Waals surface area contributed by atoms with Gasteiger partial charge in [-0.15, -0.1) is 0 Å². The molecule has 0 aliphatic heterocycles. The molecule has 0 saturated heterocycles. The molecule has 122 valence electrons. The van der Waals surface area contributed by atoms with Gasteiger partial charge in [-0.1, -0.05) is 54.6 Å². The van der Waals surface area contributed by atoms with Crippen LogP contribution in [0.3, 0.4) is 0 Å². The van der Waals surface area contributed by atoms with Gasteiger partial charge in [0, 0.05) is 11.1 Å². The molecular formula is C20H18O4. The maximum Gasteiger partial charge on any atom is 0.314 e. The van der Waals surface area contributed by atoms with E-state index in [1.807, 2.05) is 6.07 Å². The SMILES string of the molecule is CC(C)OC(=O)C(c1ccccc1)C1C(=O)c2ccccc2C1=O. The first-order chi connectivity index (χ1) is 11.5. The van der Waals surface area contributed by atoms with Crippen LogP contribution in [0.15, 0.2) is 54.6 Å². The molecular weight excluding hydrogens is 304 g/mol. The molecule has 0 heterocycles. The van der Waals surface area contributed by atoms with Gasteiger partial charge < -0.3 is 4.74 Å². The second-order valence-corrected chi connectivity index (χ2v) is 6.13. The van der Waals surface area contributed by atoms with E-state index in [4.69, 9.17) is 4.74 Å². The molecule has 0 fully saturated rings. The minimum Gasteiger partial charge on any atom is -0.462 e. The summed E-state index contributed by atoms with van der Waals surface area (Å²) >= 11 is 0. The average molecular weight is 322 g/mol. The van der Waals surface area contributed by atoms with E-state index in [1.54, 1.807) is 62.4 Å². The lowest BCUT2D eigenvalue weighted by atomic mass is 9.82. The molecule has 0 saturated carbocycles. The van der Waals surface area contributed by atoms with Crippen molar-refractivity contribution in [3.8, 4) is 0 Å². The molecule has 1 aliphatic rings. The third-order valence-electron chi connectivity index (χ3n) is 4.12. The number of ether oxygens (including phenoxy) is 1. The highest BCUT2D eigenvalue weighted by molar-refractivity contribution is 6.28. The molecule has 4 nitrogen and oxygen atoms in total. The van der Waals surface area contributed by atoms with E-state index >= 15 is 0 Å². The van der Waals surface area contributed by atoms with Gasteiger partial charge >= 0.3 is 5.97 Å². The fraction of sp³-hybridized carbons (Fsp3) is 0.250. The van der Waals surface area contributed by atoms with Gasteiger partial charge in [0.25, 0.3) is 0 Å². The van der Waals surface area contributed by atoms with Crippen LogP contribution in [0.5, 0.6) is 0 Å². The van der Waals surface area contributed by atoms with Crippen molar-refractivity contribution >= 4 is 17.5 Å². The van der Waals surface area contributed by atoms with Gasteiger partial charge in [0.05, 0.1) is 12.0 Å². The predicted octanol–water partition coefficient (Wildman–Crippen LogP) is 3.42. The monoisotopic (exact) mass is 322 g/mol. The summed E-state index contributed by atoms with van der Waals surface area (Å²) in [4.78, 5) is 38.2. The third-order valence-corrected chi connectivity index (χ3v) is 4.12. The van der Waals surface area contributed by atoms with Gasteiger partial charge in [0.2, 0.25) is 0 Å². The molecule has 1 atom stereocenters. The molecule has 0 bridgehead atoms. The summed E-state index contributed by atoms with van der Waals surface area (Å²) in [5.41, 5.74) is 1.37. The maximum atomic E-state index is 12.8. The maximum absolute atomic E-state index is 12.8. The highest BCUT2D eigenvalue weighted by Crippen LogP contribution is 2.37. The zero-order valence-electron chi connectivity index (χ0n) is 13.6.